The molecular formula is C16H36N2O2. The Morgan fingerprint density at radius 3 is 2.60 bits per heavy atom. The van der Waals surface area contributed by atoms with E-state index in [-0.39, 0.29) is 0 Å². The van der Waals surface area contributed by atoms with Gasteiger partial charge >= 0.3 is 0 Å². The molecule has 0 amide bonds. The third-order valence-corrected chi connectivity index (χ3v) is 3.82. The van der Waals surface area contributed by atoms with Crippen molar-refractivity contribution in [3.05, 3.63) is 0 Å². The van der Waals surface area contributed by atoms with Crippen LogP contribution in [0.3, 0.4) is 0 Å². The molecule has 0 heterocycles. The Labute approximate surface area is 125 Å². The van der Waals surface area contributed by atoms with Gasteiger partial charge in [-0.25, -0.2) is 0 Å². The molecule has 0 radical (unpaired) electrons. The van der Waals surface area contributed by atoms with Crippen LogP contribution in [0.5, 0.6) is 0 Å². The molecule has 0 aliphatic heterocycles. The fraction of sp³-hybridized carbons (Fsp3) is 1.00. The Bertz CT molecular complexity index is 203. The van der Waals surface area contributed by atoms with Crippen LogP contribution in [0, 0.1) is 0 Å². The van der Waals surface area contributed by atoms with Crippen LogP contribution in [0.1, 0.15) is 52.9 Å². The lowest BCUT2D eigenvalue weighted by Gasteiger charge is -2.23. The SMILES string of the molecule is CCCCCCOCC(O)CNCCN(C)C(C)CC. The molecule has 2 atom stereocenters. The Morgan fingerprint density at radius 1 is 1.20 bits per heavy atom. The zero-order valence-electron chi connectivity index (χ0n) is 14.0. The third kappa shape index (κ3) is 11.6. The van der Waals surface area contributed by atoms with E-state index in [0.29, 0.717) is 19.2 Å². The van der Waals surface area contributed by atoms with E-state index in [2.05, 4.69) is 38.0 Å². The number of likely N-dealkylation sites (N-methyl/N-ethyl adjacent to an activating group) is 1. The van der Waals surface area contributed by atoms with E-state index in [4.69, 9.17) is 4.74 Å². The van der Waals surface area contributed by atoms with Crippen molar-refractivity contribution >= 4 is 0 Å². The number of nitrogens with one attached hydrogen (secondary N) is 1. The summed E-state index contributed by atoms with van der Waals surface area (Å²) in [6.07, 6.45) is 5.63. The maximum absolute atomic E-state index is 9.77. The van der Waals surface area contributed by atoms with E-state index in [1.807, 2.05) is 0 Å². The Hall–Kier alpha value is -0.160. The van der Waals surface area contributed by atoms with Gasteiger partial charge in [0.25, 0.3) is 0 Å². The zero-order valence-corrected chi connectivity index (χ0v) is 14.0. The number of hydrogen-bond acceptors (Lipinski definition) is 4. The van der Waals surface area contributed by atoms with Gasteiger partial charge in [0.1, 0.15) is 0 Å². The van der Waals surface area contributed by atoms with Crippen LogP contribution in [0.4, 0.5) is 0 Å². The number of hydrogen-bond donors (Lipinski definition) is 2. The van der Waals surface area contributed by atoms with E-state index in [1.165, 1.54) is 25.7 Å². The minimum absolute atomic E-state index is 0.393. The number of unbranched alkanes of at least 4 members (excludes halogenated alkanes) is 3. The van der Waals surface area contributed by atoms with Crippen LogP contribution in [0.25, 0.3) is 0 Å². The van der Waals surface area contributed by atoms with Gasteiger partial charge < -0.3 is 20.1 Å². The quantitative estimate of drug-likeness (QED) is 0.481. The molecule has 2 unspecified atom stereocenters. The maximum atomic E-state index is 9.77. The van der Waals surface area contributed by atoms with Gasteiger partial charge in [0.2, 0.25) is 0 Å². The summed E-state index contributed by atoms with van der Waals surface area (Å²) in [6.45, 7) is 10.4. The summed E-state index contributed by atoms with van der Waals surface area (Å²) in [5.41, 5.74) is 0. The number of ether oxygens (including phenoxy) is 1. The standard InChI is InChI=1S/C16H36N2O2/c1-5-7-8-9-12-20-14-16(19)13-17-10-11-18(4)15(3)6-2/h15-17,19H,5-14H2,1-4H3. The summed E-state index contributed by atoms with van der Waals surface area (Å²) in [7, 11) is 2.14. The van der Waals surface area contributed by atoms with Gasteiger partial charge in [0, 0.05) is 32.3 Å². The molecule has 0 spiro atoms. The van der Waals surface area contributed by atoms with Gasteiger partial charge in [0.05, 0.1) is 12.7 Å². The highest BCUT2D eigenvalue weighted by atomic mass is 16.5. The third-order valence-electron chi connectivity index (χ3n) is 3.82. The predicted octanol–water partition coefficient (Wildman–Crippen LogP) is 2.26. The van der Waals surface area contributed by atoms with Crippen molar-refractivity contribution in [3.63, 3.8) is 0 Å². The predicted molar refractivity (Wildman–Crippen MR) is 86.2 cm³/mol. The number of aliphatic hydroxyl groups is 1. The van der Waals surface area contributed by atoms with Crippen LogP contribution in [-0.2, 0) is 4.74 Å². The Morgan fingerprint density at radius 2 is 1.95 bits per heavy atom. The second kappa shape index (κ2) is 13.8. The highest BCUT2D eigenvalue weighted by Gasteiger charge is 2.07. The molecule has 0 bridgehead atoms. The number of nitrogens with zero attached hydrogens (tertiary/aromatic N) is 1. The van der Waals surface area contributed by atoms with Crippen LogP contribution < -0.4 is 5.32 Å². The topological polar surface area (TPSA) is 44.7 Å². The van der Waals surface area contributed by atoms with E-state index >= 15 is 0 Å². The van der Waals surface area contributed by atoms with E-state index < -0.39 is 6.10 Å². The molecule has 0 fully saturated rings. The van der Waals surface area contributed by atoms with Crippen LogP contribution in [0.2, 0.25) is 0 Å². The van der Waals surface area contributed by atoms with Crippen LogP contribution in [0.15, 0.2) is 0 Å². The minimum atomic E-state index is -0.393. The van der Waals surface area contributed by atoms with Crippen molar-refractivity contribution in [2.75, 3.05) is 39.9 Å². The number of rotatable bonds is 14. The first-order valence-electron chi connectivity index (χ1n) is 8.28. The summed E-state index contributed by atoms with van der Waals surface area (Å²) in [5, 5.41) is 13.1. The lowest BCUT2D eigenvalue weighted by Crippen LogP contribution is -2.38. The van der Waals surface area contributed by atoms with Crippen molar-refractivity contribution < 1.29 is 9.84 Å². The average Bonchev–Trinajstić information content (AvgIpc) is 2.46. The molecule has 2 N–H and O–H groups in total. The monoisotopic (exact) mass is 288 g/mol. The smallest absolute Gasteiger partial charge is 0.0897 e. The van der Waals surface area contributed by atoms with Crippen molar-refractivity contribution in [2.24, 2.45) is 0 Å². The summed E-state index contributed by atoms with van der Waals surface area (Å²) < 4.78 is 5.48. The normalized spacial score (nSPS) is 14.7. The molecule has 0 rings (SSSR count). The molecule has 0 aliphatic carbocycles. The van der Waals surface area contributed by atoms with Gasteiger partial charge in [-0.2, -0.15) is 0 Å². The Kier molecular flexibility index (Phi) is 13.7. The molecule has 4 heteroatoms. The lowest BCUT2D eigenvalue weighted by molar-refractivity contribution is 0.0352. The molecule has 0 saturated heterocycles. The first-order chi connectivity index (χ1) is 9.61. The highest BCUT2D eigenvalue weighted by molar-refractivity contribution is 4.64. The summed E-state index contributed by atoms with van der Waals surface area (Å²) >= 11 is 0. The van der Waals surface area contributed by atoms with Gasteiger partial charge in [-0.1, -0.05) is 33.1 Å². The van der Waals surface area contributed by atoms with Gasteiger partial charge in [0.15, 0.2) is 0 Å². The van der Waals surface area contributed by atoms with Gasteiger partial charge in [-0.05, 0) is 26.8 Å². The van der Waals surface area contributed by atoms with E-state index in [9.17, 15) is 5.11 Å². The van der Waals surface area contributed by atoms with E-state index in [1.54, 1.807) is 0 Å². The molecule has 0 aliphatic rings. The summed E-state index contributed by atoms with van der Waals surface area (Å²) in [5.74, 6) is 0. The fourth-order valence-electron chi connectivity index (χ4n) is 1.97. The molecular weight excluding hydrogens is 252 g/mol. The van der Waals surface area contributed by atoms with Crippen molar-refractivity contribution in [1.82, 2.24) is 10.2 Å². The molecule has 122 valence electrons. The average molecular weight is 288 g/mol. The second-order valence-electron chi connectivity index (χ2n) is 5.73. The van der Waals surface area contributed by atoms with Gasteiger partial charge in [-0.15, -0.1) is 0 Å². The molecule has 0 aromatic heterocycles. The molecule has 0 aromatic carbocycles. The first-order valence-corrected chi connectivity index (χ1v) is 8.28. The second-order valence-corrected chi connectivity index (χ2v) is 5.73. The van der Waals surface area contributed by atoms with Crippen LogP contribution >= 0.6 is 0 Å². The minimum Gasteiger partial charge on any atom is -0.389 e. The number of aliphatic hydroxyl groups excluding tert-OH is 1. The van der Waals surface area contributed by atoms with E-state index in [0.717, 1.165) is 26.1 Å². The highest BCUT2D eigenvalue weighted by Crippen LogP contribution is 1.99. The zero-order chi connectivity index (χ0) is 15.2. The fourth-order valence-corrected chi connectivity index (χ4v) is 1.97. The molecule has 20 heavy (non-hydrogen) atoms. The van der Waals surface area contributed by atoms with Crippen molar-refractivity contribution in [3.8, 4) is 0 Å². The largest absolute Gasteiger partial charge is 0.389 e. The molecule has 0 saturated carbocycles. The lowest BCUT2D eigenvalue weighted by atomic mass is 10.2. The molecule has 0 aromatic rings. The maximum Gasteiger partial charge on any atom is 0.0897 e. The van der Waals surface area contributed by atoms with Crippen molar-refractivity contribution in [2.45, 2.75) is 65.0 Å². The first kappa shape index (κ1) is 19.8. The summed E-state index contributed by atoms with van der Waals surface area (Å²) in [4.78, 5) is 2.34. The molecule has 4 nitrogen and oxygen atoms in total. The Balaban J connectivity index is 3.34. The summed E-state index contributed by atoms with van der Waals surface area (Å²) in [6, 6.07) is 0.619. The van der Waals surface area contributed by atoms with Gasteiger partial charge in [-0.3, -0.25) is 0 Å². The van der Waals surface area contributed by atoms with Crippen molar-refractivity contribution in [1.29, 1.82) is 0 Å². The van der Waals surface area contributed by atoms with Crippen LogP contribution in [-0.4, -0.2) is 62.0 Å².